The van der Waals surface area contributed by atoms with Crippen molar-refractivity contribution in [1.82, 2.24) is 10.3 Å². The number of nitrogens with one attached hydrogen (secondary N) is 1. The first kappa shape index (κ1) is 24.8. The molecule has 0 unspecified atom stereocenters. The molecule has 0 spiro atoms. The lowest BCUT2D eigenvalue weighted by molar-refractivity contribution is 0.0971. The Morgan fingerprint density at radius 3 is 2.32 bits per heavy atom. The van der Waals surface area contributed by atoms with Gasteiger partial charge in [-0.3, -0.25) is 10.1 Å². The number of carbonyl (C=O) groups is 1. The maximum atomic E-state index is 13.7. The second kappa shape index (κ2) is 10.6. The number of thiocarbonyl (C=S) groups is 1. The number of hydrogen-bond donors (Lipinski definition) is 1. The zero-order valence-electron chi connectivity index (χ0n) is 20.2. The highest BCUT2D eigenvalue weighted by Gasteiger charge is 2.43. The number of rotatable bonds is 4. The number of carbonyl (C=O) groups excluding carboxylic acids is 1. The van der Waals surface area contributed by atoms with Crippen LogP contribution in [0.5, 0.6) is 5.75 Å². The van der Waals surface area contributed by atoms with E-state index in [1.807, 2.05) is 6.08 Å². The summed E-state index contributed by atoms with van der Waals surface area (Å²) in [5, 5.41) is 9.53. The van der Waals surface area contributed by atoms with Crippen molar-refractivity contribution < 1.29 is 18.3 Å². The molecule has 0 saturated heterocycles. The Labute approximate surface area is 219 Å². The van der Waals surface area contributed by atoms with E-state index in [4.69, 9.17) is 22.1 Å². The average Bonchev–Trinajstić information content (AvgIpc) is 3.31. The van der Waals surface area contributed by atoms with E-state index in [1.54, 1.807) is 60.6 Å². The highest BCUT2D eigenvalue weighted by Crippen LogP contribution is 2.44. The Morgan fingerprint density at radius 2 is 1.68 bits per heavy atom. The number of halogens is 2. The third-order valence-electron chi connectivity index (χ3n) is 6.70. The fourth-order valence-corrected chi connectivity index (χ4v) is 5.14. The second-order valence-corrected chi connectivity index (χ2v) is 9.42. The number of ether oxygens (including phenoxy) is 1. The summed E-state index contributed by atoms with van der Waals surface area (Å²) >= 11 is 5.67. The van der Waals surface area contributed by atoms with E-state index >= 15 is 0 Å². The minimum Gasteiger partial charge on any atom is -0.497 e. The van der Waals surface area contributed by atoms with Gasteiger partial charge in [0, 0.05) is 11.5 Å². The zero-order chi connectivity index (χ0) is 25.9. The molecular weight excluding hydrogens is 492 g/mol. The minimum atomic E-state index is -0.359. The van der Waals surface area contributed by atoms with Gasteiger partial charge in [-0.05, 0) is 103 Å². The normalized spacial score (nSPS) is 19.8. The van der Waals surface area contributed by atoms with Crippen molar-refractivity contribution in [2.24, 2.45) is 11.0 Å². The number of nitrogens with zero attached hydrogens (tertiary/aromatic N) is 2. The highest BCUT2D eigenvalue weighted by molar-refractivity contribution is 7.80. The molecule has 2 aliphatic rings. The van der Waals surface area contributed by atoms with Crippen molar-refractivity contribution in [3.8, 4) is 5.75 Å². The largest absolute Gasteiger partial charge is 0.497 e. The van der Waals surface area contributed by atoms with Crippen LogP contribution in [0.25, 0.3) is 6.08 Å². The van der Waals surface area contributed by atoms with E-state index in [1.165, 1.54) is 24.3 Å². The van der Waals surface area contributed by atoms with Crippen LogP contribution in [0.4, 0.5) is 8.78 Å². The first-order valence-corrected chi connectivity index (χ1v) is 12.4. The lowest BCUT2D eigenvalue weighted by Crippen LogP contribution is -2.41. The smallest absolute Gasteiger partial charge is 0.257 e. The molecule has 1 amide bonds. The van der Waals surface area contributed by atoms with E-state index in [0.717, 1.165) is 41.7 Å². The SMILES string of the molecule is COc1ccc(C(=O)NC(=S)N2N=C3/C(=C\c4ccc(F)cc4)CCC[C@@H]3[C@@H]2c2ccc(F)cc2)cc1. The topological polar surface area (TPSA) is 53.9 Å². The Hall–Kier alpha value is -3.91. The van der Waals surface area contributed by atoms with Crippen LogP contribution in [0.15, 0.2) is 83.5 Å². The van der Waals surface area contributed by atoms with Crippen LogP contribution >= 0.6 is 12.2 Å². The van der Waals surface area contributed by atoms with Crippen LogP contribution in [0.1, 0.15) is 46.8 Å². The van der Waals surface area contributed by atoms with E-state index in [-0.39, 0.29) is 34.6 Å². The van der Waals surface area contributed by atoms with E-state index < -0.39 is 0 Å². The Balaban J connectivity index is 1.47. The van der Waals surface area contributed by atoms with Crippen molar-refractivity contribution in [3.05, 3.63) is 107 Å². The number of allylic oxidation sites excluding steroid dienone is 1. The van der Waals surface area contributed by atoms with E-state index in [9.17, 15) is 13.6 Å². The molecule has 2 atom stereocenters. The van der Waals surface area contributed by atoms with Crippen molar-refractivity contribution in [2.75, 3.05) is 7.11 Å². The third-order valence-corrected chi connectivity index (χ3v) is 6.99. The molecule has 1 saturated carbocycles. The monoisotopic (exact) mass is 517 g/mol. The van der Waals surface area contributed by atoms with E-state index in [2.05, 4.69) is 5.32 Å². The number of benzene rings is 3. The number of methoxy groups -OCH3 is 1. The molecule has 0 bridgehead atoms. The molecule has 3 aromatic carbocycles. The van der Waals surface area contributed by atoms with Crippen LogP contribution < -0.4 is 10.1 Å². The van der Waals surface area contributed by atoms with Crippen molar-refractivity contribution >= 4 is 35.0 Å². The molecule has 3 aromatic rings. The van der Waals surface area contributed by atoms with Gasteiger partial charge in [0.1, 0.15) is 17.4 Å². The molecule has 188 valence electrons. The number of hydrogen-bond acceptors (Lipinski definition) is 4. The maximum Gasteiger partial charge on any atom is 0.257 e. The molecule has 1 aliphatic heterocycles. The summed E-state index contributed by atoms with van der Waals surface area (Å²) in [6.45, 7) is 0. The van der Waals surface area contributed by atoms with Gasteiger partial charge < -0.3 is 4.74 Å². The molecule has 0 radical (unpaired) electrons. The molecule has 0 aromatic heterocycles. The molecule has 37 heavy (non-hydrogen) atoms. The van der Waals surface area contributed by atoms with Crippen LogP contribution in [0.2, 0.25) is 0 Å². The van der Waals surface area contributed by atoms with Gasteiger partial charge in [0.15, 0.2) is 5.11 Å². The van der Waals surface area contributed by atoms with E-state index in [0.29, 0.717) is 11.3 Å². The fourth-order valence-electron chi connectivity index (χ4n) is 4.89. The Kier molecular flexibility index (Phi) is 7.10. The van der Waals surface area contributed by atoms with Crippen LogP contribution in [0.3, 0.4) is 0 Å². The van der Waals surface area contributed by atoms with Crippen LogP contribution in [0, 0.1) is 17.6 Å². The standard InChI is InChI=1S/C29H25F2N3O2S/c1-36-24-15-9-20(10-16-24)28(35)32-29(37)34-27(19-7-13-23(31)14-8-19)25-4-2-3-21(26(25)33-34)17-18-5-11-22(30)12-6-18/h5-17,25,27H,2-4H2,1H3,(H,32,35,37)/b21-17-/t25-,27-/m0/s1. The predicted octanol–water partition coefficient (Wildman–Crippen LogP) is 6.28. The third kappa shape index (κ3) is 5.29. The summed E-state index contributed by atoms with van der Waals surface area (Å²) in [4.78, 5) is 12.9. The summed E-state index contributed by atoms with van der Waals surface area (Å²) in [6, 6.07) is 19.1. The fraction of sp³-hybridized carbons (Fsp3) is 0.207. The predicted molar refractivity (Wildman–Crippen MR) is 143 cm³/mol. The van der Waals surface area contributed by atoms with Gasteiger partial charge >= 0.3 is 0 Å². The molecule has 5 rings (SSSR count). The van der Waals surface area contributed by atoms with Crippen LogP contribution in [-0.2, 0) is 0 Å². The number of hydrazone groups is 1. The molecule has 1 aliphatic carbocycles. The zero-order valence-corrected chi connectivity index (χ0v) is 21.0. The summed E-state index contributed by atoms with van der Waals surface area (Å²) < 4.78 is 32.3. The van der Waals surface area contributed by atoms with Crippen molar-refractivity contribution in [3.63, 3.8) is 0 Å². The Morgan fingerprint density at radius 1 is 1.03 bits per heavy atom. The lowest BCUT2D eigenvalue weighted by atomic mass is 9.77. The average molecular weight is 518 g/mol. The highest BCUT2D eigenvalue weighted by atomic mass is 32.1. The number of fused-ring (bicyclic) bond motifs is 1. The van der Waals surface area contributed by atoms with Gasteiger partial charge in [-0.15, -0.1) is 0 Å². The minimum absolute atomic E-state index is 0.00162. The van der Waals surface area contributed by atoms with Gasteiger partial charge in [-0.2, -0.15) is 5.10 Å². The first-order valence-electron chi connectivity index (χ1n) is 12.0. The van der Waals surface area contributed by atoms with Crippen LogP contribution in [-0.4, -0.2) is 28.9 Å². The summed E-state index contributed by atoms with van der Waals surface area (Å²) in [5.41, 5.74) is 4.09. The van der Waals surface area contributed by atoms with Gasteiger partial charge in [0.2, 0.25) is 0 Å². The maximum absolute atomic E-state index is 13.7. The Bertz CT molecular complexity index is 1370. The molecule has 1 N–H and O–H groups in total. The number of amides is 1. The summed E-state index contributed by atoms with van der Waals surface area (Å²) in [7, 11) is 1.56. The second-order valence-electron chi connectivity index (χ2n) is 9.03. The quantitative estimate of drug-likeness (QED) is 0.414. The van der Waals surface area contributed by atoms with Crippen molar-refractivity contribution in [1.29, 1.82) is 0 Å². The molecule has 8 heteroatoms. The van der Waals surface area contributed by atoms with Gasteiger partial charge in [-0.1, -0.05) is 24.3 Å². The molecule has 1 heterocycles. The first-order chi connectivity index (χ1) is 17.9. The molecule has 1 fully saturated rings. The lowest BCUT2D eigenvalue weighted by Gasteiger charge is -2.30. The van der Waals surface area contributed by atoms with Gasteiger partial charge in [0.05, 0.1) is 18.9 Å². The summed E-state index contributed by atoms with van der Waals surface area (Å²) in [6.07, 6.45) is 4.65. The van der Waals surface area contributed by atoms with Crippen molar-refractivity contribution in [2.45, 2.75) is 25.3 Å². The van der Waals surface area contributed by atoms with Gasteiger partial charge in [-0.25, -0.2) is 13.8 Å². The molecular formula is C29H25F2N3O2S. The molecule has 5 nitrogen and oxygen atoms in total. The summed E-state index contributed by atoms with van der Waals surface area (Å²) in [5.74, 6) is -0.330. The van der Waals surface area contributed by atoms with Gasteiger partial charge in [0.25, 0.3) is 5.91 Å².